The van der Waals surface area contributed by atoms with Gasteiger partial charge >= 0.3 is 0 Å². The summed E-state index contributed by atoms with van der Waals surface area (Å²) in [5.41, 5.74) is 0. The summed E-state index contributed by atoms with van der Waals surface area (Å²) in [6.45, 7) is 0. The van der Waals surface area contributed by atoms with Crippen molar-refractivity contribution in [1.29, 1.82) is 0 Å². The zero-order valence-electron chi connectivity index (χ0n) is 9.39. The molecular formula is C12H17NO2S. The van der Waals surface area contributed by atoms with E-state index in [1.165, 1.54) is 0 Å². The first-order valence-corrected chi connectivity index (χ1v) is 7.24. The minimum atomic E-state index is -3.14. The van der Waals surface area contributed by atoms with Gasteiger partial charge in [0.05, 0.1) is 10.6 Å². The second-order valence-corrected chi connectivity index (χ2v) is 6.36. The highest BCUT2D eigenvalue weighted by Crippen LogP contribution is 2.33. The van der Waals surface area contributed by atoms with Crippen LogP contribution in [0.25, 0.3) is 0 Å². The van der Waals surface area contributed by atoms with Gasteiger partial charge in [-0.2, -0.15) is 0 Å². The number of hydrogen-bond donors (Lipinski definition) is 1. The Morgan fingerprint density at radius 1 is 1.31 bits per heavy atom. The van der Waals surface area contributed by atoms with Crippen LogP contribution in [0.2, 0.25) is 0 Å². The monoisotopic (exact) mass is 239 g/mol. The van der Waals surface area contributed by atoms with Crippen molar-refractivity contribution < 1.29 is 8.42 Å². The smallest absolute Gasteiger partial charge is 0.179 e. The molecule has 0 aromatic heterocycles. The standard InChI is InChI=1S/C12H17NO2S/c1-13-12(10-7-8-10)9-16(14,15)11-5-3-2-4-6-11/h2-6,10,12-13H,7-9H2,1H3. The average Bonchev–Trinajstić information content (AvgIpc) is 3.11. The molecule has 1 aliphatic carbocycles. The van der Waals surface area contributed by atoms with Crippen LogP contribution in [0.4, 0.5) is 0 Å². The molecule has 0 spiro atoms. The fourth-order valence-corrected chi connectivity index (χ4v) is 3.59. The Hall–Kier alpha value is -0.870. The number of benzene rings is 1. The largest absolute Gasteiger partial charge is 0.316 e. The molecule has 1 N–H and O–H groups in total. The van der Waals surface area contributed by atoms with E-state index in [1.807, 2.05) is 13.1 Å². The molecular weight excluding hydrogens is 222 g/mol. The number of sulfone groups is 1. The molecule has 88 valence electrons. The minimum Gasteiger partial charge on any atom is -0.316 e. The van der Waals surface area contributed by atoms with Crippen LogP contribution < -0.4 is 5.32 Å². The summed E-state index contributed by atoms with van der Waals surface area (Å²) in [7, 11) is -1.30. The topological polar surface area (TPSA) is 46.2 Å². The molecule has 2 rings (SSSR count). The summed E-state index contributed by atoms with van der Waals surface area (Å²) in [5, 5.41) is 3.11. The van der Waals surface area contributed by atoms with Crippen molar-refractivity contribution in [3.8, 4) is 0 Å². The van der Waals surface area contributed by atoms with Gasteiger partial charge in [-0.3, -0.25) is 0 Å². The molecule has 1 atom stereocenters. The summed E-state index contributed by atoms with van der Waals surface area (Å²) >= 11 is 0. The third-order valence-electron chi connectivity index (χ3n) is 3.06. The highest BCUT2D eigenvalue weighted by atomic mass is 32.2. The molecule has 16 heavy (non-hydrogen) atoms. The minimum absolute atomic E-state index is 0.102. The van der Waals surface area contributed by atoms with Gasteiger partial charge < -0.3 is 5.32 Å². The van der Waals surface area contributed by atoms with Crippen molar-refractivity contribution in [2.45, 2.75) is 23.8 Å². The van der Waals surface area contributed by atoms with Gasteiger partial charge in [0.25, 0.3) is 0 Å². The van der Waals surface area contributed by atoms with E-state index < -0.39 is 9.84 Å². The van der Waals surface area contributed by atoms with Crippen LogP contribution in [0.15, 0.2) is 35.2 Å². The maximum absolute atomic E-state index is 12.1. The van der Waals surface area contributed by atoms with E-state index in [0.717, 1.165) is 12.8 Å². The van der Waals surface area contributed by atoms with Gasteiger partial charge in [0.15, 0.2) is 9.84 Å². The van der Waals surface area contributed by atoms with Gasteiger partial charge in [-0.15, -0.1) is 0 Å². The summed E-state index contributed by atoms with van der Waals surface area (Å²) in [6, 6.07) is 8.78. The third-order valence-corrected chi connectivity index (χ3v) is 4.85. The Morgan fingerprint density at radius 3 is 2.44 bits per heavy atom. The molecule has 1 aromatic carbocycles. The fourth-order valence-electron chi connectivity index (χ4n) is 1.91. The van der Waals surface area contributed by atoms with Crippen LogP contribution in [0.3, 0.4) is 0 Å². The average molecular weight is 239 g/mol. The predicted octanol–water partition coefficient (Wildman–Crippen LogP) is 1.46. The summed E-state index contributed by atoms with van der Waals surface area (Å²) in [6.07, 6.45) is 2.30. The Balaban J connectivity index is 2.13. The predicted molar refractivity (Wildman–Crippen MR) is 64.1 cm³/mol. The lowest BCUT2D eigenvalue weighted by Crippen LogP contribution is -2.34. The quantitative estimate of drug-likeness (QED) is 0.846. The molecule has 0 bridgehead atoms. The Kier molecular flexibility index (Phi) is 3.30. The van der Waals surface area contributed by atoms with Gasteiger partial charge in [-0.25, -0.2) is 8.42 Å². The maximum Gasteiger partial charge on any atom is 0.179 e. The summed E-state index contributed by atoms with van der Waals surface area (Å²) in [4.78, 5) is 0.427. The Bertz CT molecular complexity index is 437. The van der Waals surface area contributed by atoms with Gasteiger partial charge in [0.2, 0.25) is 0 Å². The maximum atomic E-state index is 12.1. The molecule has 0 aliphatic heterocycles. The highest BCUT2D eigenvalue weighted by molar-refractivity contribution is 7.91. The van der Waals surface area contributed by atoms with Gasteiger partial charge in [-0.05, 0) is 37.9 Å². The van der Waals surface area contributed by atoms with E-state index >= 15 is 0 Å². The van der Waals surface area contributed by atoms with Crippen LogP contribution in [0, 0.1) is 5.92 Å². The van der Waals surface area contributed by atoms with Crippen LogP contribution in [0.5, 0.6) is 0 Å². The Morgan fingerprint density at radius 2 is 1.94 bits per heavy atom. The first-order chi connectivity index (χ1) is 7.63. The molecule has 0 saturated heterocycles. The molecule has 0 amide bonds. The zero-order chi connectivity index (χ0) is 11.6. The highest BCUT2D eigenvalue weighted by Gasteiger charge is 2.33. The van der Waals surface area contributed by atoms with E-state index in [1.54, 1.807) is 24.3 Å². The van der Waals surface area contributed by atoms with Crippen molar-refractivity contribution in [2.24, 2.45) is 5.92 Å². The van der Waals surface area contributed by atoms with Crippen LogP contribution in [-0.4, -0.2) is 27.3 Å². The second-order valence-electron chi connectivity index (χ2n) is 4.33. The fraction of sp³-hybridized carbons (Fsp3) is 0.500. The van der Waals surface area contributed by atoms with Crippen molar-refractivity contribution in [2.75, 3.05) is 12.8 Å². The lowest BCUT2D eigenvalue weighted by molar-refractivity contribution is 0.527. The number of nitrogens with one attached hydrogen (secondary N) is 1. The molecule has 1 aromatic rings. The Labute approximate surface area is 96.8 Å². The van der Waals surface area contributed by atoms with Crippen LogP contribution >= 0.6 is 0 Å². The molecule has 3 nitrogen and oxygen atoms in total. The molecule has 1 fully saturated rings. The van der Waals surface area contributed by atoms with E-state index in [0.29, 0.717) is 10.8 Å². The molecule has 0 heterocycles. The summed E-state index contributed by atoms with van der Waals surface area (Å²) in [5.74, 6) is 0.751. The molecule has 1 aliphatic rings. The van der Waals surface area contributed by atoms with Gasteiger partial charge in [0, 0.05) is 6.04 Å². The lowest BCUT2D eigenvalue weighted by atomic mass is 10.2. The molecule has 1 unspecified atom stereocenters. The van der Waals surface area contributed by atoms with Crippen molar-refractivity contribution in [3.63, 3.8) is 0 Å². The number of rotatable bonds is 5. The normalized spacial score (nSPS) is 18.3. The van der Waals surface area contributed by atoms with Crippen molar-refractivity contribution >= 4 is 9.84 Å². The SMILES string of the molecule is CNC(CS(=O)(=O)c1ccccc1)C1CC1. The second kappa shape index (κ2) is 4.55. The van der Waals surface area contributed by atoms with E-state index in [2.05, 4.69) is 5.32 Å². The summed E-state index contributed by atoms with van der Waals surface area (Å²) < 4.78 is 24.2. The molecule has 4 heteroatoms. The molecule has 0 radical (unpaired) electrons. The number of hydrogen-bond acceptors (Lipinski definition) is 3. The first-order valence-electron chi connectivity index (χ1n) is 5.58. The van der Waals surface area contributed by atoms with E-state index in [-0.39, 0.29) is 11.8 Å². The lowest BCUT2D eigenvalue weighted by Gasteiger charge is -2.15. The van der Waals surface area contributed by atoms with E-state index in [4.69, 9.17) is 0 Å². The van der Waals surface area contributed by atoms with E-state index in [9.17, 15) is 8.42 Å². The van der Waals surface area contributed by atoms with Crippen LogP contribution in [-0.2, 0) is 9.84 Å². The molecule has 1 saturated carbocycles. The third kappa shape index (κ3) is 2.62. The van der Waals surface area contributed by atoms with Crippen molar-refractivity contribution in [1.82, 2.24) is 5.32 Å². The zero-order valence-corrected chi connectivity index (χ0v) is 10.2. The van der Waals surface area contributed by atoms with Gasteiger partial charge in [-0.1, -0.05) is 18.2 Å². The van der Waals surface area contributed by atoms with Gasteiger partial charge in [0.1, 0.15) is 0 Å². The van der Waals surface area contributed by atoms with Crippen LogP contribution in [0.1, 0.15) is 12.8 Å². The van der Waals surface area contributed by atoms with Crippen molar-refractivity contribution in [3.05, 3.63) is 30.3 Å². The first kappa shape index (κ1) is 11.6.